The second kappa shape index (κ2) is 6.03. The second-order valence-electron chi connectivity index (χ2n) is 6.26. The van der Waals surface area contributed by atoms with Gasteiger partial charge in [-0.3, -0.25) is 0 Å². The predicted octanol–water partition coefficient (Wildman–Crippen LogP) is 4.77. The van der Waals surface area contributed by atoms with Crippen molar-refractivity contribution in [3.8, 4) is 0 Å². The van der Waals surface area contributed by atoms with Crippen LogP contribution in [0.15, 0.2) is 42.5 Å². The van der Waals surface area contributed by atoms with Gasteiger partial charge >= 0.3 is 0 Å². The monoisotopic (exact) mass is 280 g/mol. The first-order valence-electron chi connectivity index (χ1n) is 8.08. The minimum Gasteiger partial charge on any atom is -0.384 e. The van der Waals surface area contributed by atoms with Gasteiger partial charge in [0.05, 0.1) is 0 Å². The van der Waals surface area contributed by atoms with Gasteiger partial charge in [-0.2, -0.15) is 0 Å². The standard InChI is InChI=1S/C20H24O/c1-3-14(2)15-7-10-17(11-8-15)20(21)19-12-9-16-5-4-6-18(16)13-19/h7-14,20-21H,3-6H2,1-2H3. The Morgan fingerprint density at radius 2 is 1.52 bits per heavy atom. The maximum absolute atomic E-state index is 10.6. The number of benzene rings is 2. The summed E-state index contributed by atoms with van der Waals surface area (Å²) in [5.74, 6) is 0.580. The van der Waals surface area contributed by atoms with Gasteiger partial charge in [0, 0.05) is 0 Å². The van der Waals surface area contributed by atoms with E-state index in [1.165, 1.54) is 29.5 Å². The highest BCUT2D eigenvalue weighted by Gasteiger charge is 2.16. The minimum atomic E-state index is -0.512. The van der Waals surface area contributed by atoms with E-state index < -0.39 is 6.10 Å². The van der Waals surface area contributed by atoms with Crippen LogP contribution in [0, 0.1) is 0 Å². The maximum atomic E-state index is 10.6. The summed E-state index contributed by atoms with van der Waals surface area (Å²) < 4.78 is 0. The molecule has 0 heterocycles. The molecular formula is C20H24O. The molecule has 0 aromatic heterocycles. The van der Waals surface area contributed by atoms with Crippen molar-refractivity contribution in [2.24, 2.45) is 0 Å². The average Bonchev–Trinajstić information content (AvgIpc) is 3.01. The van der Waals surface area contributed by atoms with Crippen molar-refractivity contribution in [2.45, 2.75) is 51.6 Å². The van der Waals surface area contributed by atoms with Gasteiger partial charge in [0.15, 0.2) is 0 Å². The maximum Gasteiger partial charge on any atom is 0.104 e. The first-order valence-corrected chi connectivity index (χ1v) is 8.08. The van der Waals surface area contributed by atoms with Crippen molar-refractivity contribution < 1.29 is 5.11 Å². The predicted molar refractivity (Wildman–Crippen MR) is 87.7 cm³/mol. The highest BCUT2D eigenvalue weighted by atomic mass is 16.3. The molecule has 0 bridgehead atoms. The van der Waals surface area contributed by atoms with Crippen molar-refractivity contribution in [2.75, 3.05) is 0 Å². The van der Waals surface area contributed by atoms with Crippen LogP contribution in [0.25, 0.3) is 0 Å². The van der Waals surface area contributed by atoms with Crippen LogP contribution in [-0.2, 0) is 12.8 Å². The quantitative estimate of drug-likeness (QED) is 0.855. The van der Waals surface area contributed by atoms with Crippen molar-refractivity contribution in [3.63, 3.8) is 0 Å². The summed E-state index contributed by atoms with van der Waals surface area (Å²) in [5, 5.41) is 10.6. The smallest absolute Gasteiger partial charge is 0.104 e. The Morgan fingerprint density at radius 3 is 2.24 bits per heavy atom. The molecule has 0 aliphatic heterocycles. The number of aliphatic hydroxyl groups is 1. The number of hydrogen-bond donors (Lipinski definition) is 1. The molecule has 2 aromatic rings. The summed E-state index contributed by atoms with van der Waals surface area (Å²) in [6, 6.07) is 14.9. The topological polar surface area (TPSA) is 20.2 Å². The molecule has 2 aromatic carbocycles. The molecule has 0 spiro atoms. The Labute approximate surface area is 127 Å². The van der Waals surface area contributed by atoms with E-state index in [9.17, 15) is 5.11 Å². The van der Waals surface area contributed by atoms with E-state index in [1.807, 2.05) is 0 Å². The second-order valence-corrected chi connectivity index (χ2v) is 6.26. The molecule has 110 valence electrons. The molecule has 21 heavy (non-hydrogen) atoms. The summed E-state index contributed by atoms with van der Waals surface area (Å²) >= 11 is 0. The zero-order valence-electron chi connectivity index (χ0n) is 13.0. The molecular weight excluding hydrogens is 256 g/mol. The number of hydrogen-bond acceptors (Lipinski definition) is 1. The Kier molecular flexibility index (Phi) is 4.12. The number of aryl methyl sites for hydroxylation is 2. The van der Waals surface area contributed by atoms with Crippen LogP contribution < -0.4 is 0 Å². The van der Waals surface area contributed by atoms with Crippen LogP contribution in [0.5, 0.6) is 0 Å². The highest BCUT2D eigenvalue weighted by molar-refractivity contribution is 5.39. The lowest BCUT2D eigenvalue weighted by Gasteiger charge is -2.15. The molecule has 1 N–H and O–H groups in total. The highest BCUT2D eigenvalue weighted by Crippen LogP contribution is 2.29. The van der Waals surface area contributed by atoms with Crippen molar-refractivity contribution >= 4 is 0 Å². The minimum absolute atomic E-state index is 0.512. The molecule has 1 aliphatic carbocycles. The van der Waals surface area contributed by atoms with Crippen LogP contribution >= 0.6 is 0 Å². The molecule has 0 saturated carbocycles. The molecule has 0 radical (unpaired) electrons. The van der Waals surface area contributed by atoms with Crippen molar-refractivity contribution in [1.82, 2.24) is 0 Å². The van der Waals surface area contributed by atoms with Crippen LogP contribution in [0.4, 0.5) is 0 Å². The van der Waals surface area contributed by atoms with Crippen LogP contribution in [0.2, 0.25) is 0 Å². The van der Waals surface area contributed by atoms with Crippen molar-refractivity contribution in [3.05, 3.63) is 70.3 Å². The van der Waals surface area contributed by atoms with Crippen molar-refractivity contribution in [1.29, 1.82) is 0 Å². The number of rotatable bonds is 4. The molecule has 2 unspecified atom stereocenters. The first-order chi connectivity index (χ1) is 10.2. The summed E-state index contributed by atoms with van der Waals surface area (Å²) in [4.78, 5) is 0. The van der Waals surface area contributed by atoms with E-state index in [4.69, 9.17) is 0 Å². The summed E-state index contributed by atoms with van der Waals surface area (Å²) in [7, 11) is 0. The third-order valence-corrected chi connectivity index (χ3v) is 4.87. The van der Waals surface area contributed by atoms with E-state index >= 15 is 0 Å². The Balaban J connectivity index is 1.83. The zero-order valence-corrected chi connectivity index (χ0v) is 13.0. The lowest BCUT2D eigenvalue weighted by Crippen LogP contribution is -2.01. The lowest BCUT2D eigenvalue weighted by molar-refractivity contribution is 0.220. The van der Waals surface area contributed by atoms with E-state index in [1.54, 1.807) is 0 Å². The lowest BCUT2D eigenvalue weighted by atomic mass is 9.94. The Hall–Kier alpha value is -1.60. The van der Waals surface area contributed by atoms with Crippen LogP contribution in [0.3, 0.4) is 0 Å². The normalized spacial score (nSPS) is 16.5. The fourth-order valence-corrected chi connectivity index (χ4v) is 3.20. The molecule has 0 saturated heterocycles. The van der Waals surface area contributed by atoms with E-state index in [0.717, 1.165) is 24.0 Å². The third-order valence-electron chi connectivity index (χ3n) is 4.87. The summed E-state index contributed by atoms with van der Waals surface area (Å²) in [6.07, 6.45) is 4.23. The van der Waals surface area contributed by atoms with Crippen LogP contribution in [0.1, 0.15) is 66.5 Å². The van der Waals surface area contributed by atoms with Gasteiger partial charge < -0.3 is 5.11 Å². The summed E-state index contributed by atoms with van der Waals surface area (Å²) in [5.41, 5.74) is 6.23. The van der Waals surface area contributed by atoms with E-state index in [-0.39, 0.29) is 0 Å². The fraction of sp³-hybridized carbons (Fsp3) is 0.400. The molecule has 1 nitrogen and oxygen atoms in total. The van der Waals surface area contributed by atoms with Gasteiger partial charge in [-0.05, 0) is 59.4 Å². The largest absolute Gasteiger partial charge is 0.384 e. The molecule has 3 rings (SSSR count). The first kappa shape index (κ1) is 14.3. The molecule has 1 aliphatic rings. The van der Waals surface area contributed by atoms with E-state index in [2.05, 4.69) is 56.3 Å². The fourth-order valence-electron chi connectivity index (χ4n) is 3.20. The molecule has 0 amide bonds. The Bertz CT molecular complexity index is 612. The van der Waals surface area contributed by atoms with Gasteiger partial charge in [0.25, 0.3) is 0 Å². The molecule has 0 fully saturated rings. The number of fused-ring (bicyclic) bond motifs is 1. The SMILES string of the molecule is CCC(C)c1ccc(C(O)c2ccc3c(c2)CCC3)cc1. The zero-order chi connectivity index (χ0) is 14.8. The number of aliphatic hydroxyl groups excluding tert-OH is 1. The van der Waals surface area contributed by atoms with Gasteiger partial charge in [-0.15, -0.1) is 0 Å². The Morgan fingerprint density at radius 1 is 0.905 bits per heavy atom. The van der Waals surface area contributed by atoms with Gasteiger partial charge in [0.2, 0.25) is 0 Å². The van der Waals surface area contributed by atoms with Gasteiger partial charge in [0.1, 0.15) is 6.10 Å². The van der Waals surface area contributed by atoms with Gasteiger partial charge in [-0.25, -0.2) is 0 Å². The van der Waals surface area contributed by atoms with Crippen LogP contribution in [-0.4, -0.2) is 5.11 Å². The summed E-state index contributed by atoms with van der Waals surface area (Å²) in [6.45, 7) is 4.45. The molecule has 2 atom stereocenters. The molecule has 1 heteroatoms. The third kappa shape index (κ3) is 2.89. The average molecular weight is 280 g/mol. The van der Waals surface area contributed by atoms with Gasteiger partial charge in [-0.1, -0.05) is 56.3 Å². The van der Waals surface area contributed by atoms with E-state index in [0.29, 0.717) is 5.92 Å².